The van der Waals surface area contributed by atoms with Gasteiger partial charge in [0.25, 0.3) is 0 Å². The minimum absolute atomic E-state index is 0.356. The number of aliphatic hydroxyl groups is 1. The molecule has 0 atom stereocenters. The Balaban J connectivity index is 2.40. The number of aliphatic hydroxyl groups excluding tert-OH is 1. The van der Waals surface area contributed by atoms with Gasteiger partial charge in [-0.25, -0.2) is 0 Å². The molecule has 1 heterocycles. The van der Waals surface area contributed by atoms with Crippen LogP contribution in [0, 0.1) is 5.92 Å². The maximum atomic E-state index is 9.06. The molecule has 0 saturated carbocycles. The Morgan fingerprint density at radius 3 is 2.29 bits per heavy atom. The average molecular weight is 199 g/mol. The summed E-state index contributed by atoms with van der Waals surface area (Å²) in [4.78, 5) is 2.59. The van der Waals surface area contributed by atoms with Gasteiger partial charge in [-0.1, -0.05) is 13.3 Å². The summed E-state index contributed by atoms with van der Waals surface area (Å²) in [6.45, 7) is 9.65. The molecule has 0 aliphatic carbocycles. The number of likely N-dealkylation sites (tertiary alicyclic amines) is 1. The van der Waals surface area contributed by atoms with Crippen molar-refractivity contribution in [3.05, 3.63) is 0 Å². The number of hydrogen-bond donors (Lipinski definition) is 1. The van der Waals surface area contributed by atoms with Crippen molar-refractivity contribution in [2.75, 3.05) is 19.7 Å². The fourth-order valence-electron chi connectivity index (χ4n) is 2.49. The van der Waals surface area contributed by atoms with Crippen molar-refractivity contribution in [3.63, 3.8) is 0 Å². The van der Waals surface area contributed by atoms with E-state index in [1.54, 1.807) is 0 Å². The molecule has 0 aromatic carbocycles. The first-order valence-corrected chi connectivity index (χ1v) is 5.96. The third-order valence-corrected chi connectivity index (χ3v) is 3.59. The molecule has 1 N–H and O–H groups in total. The second kappa shape index (κ2) is 5.13. The van der Waals surface area contributed by atoms with Gasteiger partial charge in [-0.05, 0) is 52.1 Å². The van der Waals surface area contributed by atoms with Crippen LogP contribution in [0.25, 0.3) is 0 Å². The third-order valence-electron chi connectivity index (χ3n) is 3.59. The predicted molar refractivity (Wildman–Crippen MR) is 60.4 cm³/mol. The summed E-state index contributed by atoms with van der Waals surface area (Å²) in [5.41, 5.74) is 0.356. The Morgan fingerprint density at radius 2 is 1.86 bits per heavy atom. The van der Waals surface area contributed by atoms with Crippen molar-refractivity contribution in [2.45, 2.75) is 52.0 Å². The van der Waals surface area contributed by atoms with Gasteiger partial charge in [0.2, 0.25) is 0 Å². The highest BCUT2D eigenvalue weighted by atomic mass is 16.3. The zero-order valence-electron chi connectivity index (χ0n) is 9.92. The van der Waals surface area contributed by atoms with Crippen LogP contribution in [0.4, 0.5) is 0 Å². The van der Waals surface area contributed by atoms with E-state index in [-0.39, 0.29) is 0 Å². The number of piperidine rings is 1. The van der Waals surface area contributed by atoms with Crippen LogP contribution in [-0.2, 0) is 0 Å². The van der Waals surface area contributed by atoms with E-state index in [1.807, 2.05) is 0 Å². The largest absolute Gasteiger partial charge is 0.396 e. The van der Waals surface area contributed by atoms with E-state index in [9.17, 15) is 0 Å². The quantitative estimate of drug-likeness (QED) is 0.751. The normalized spacial score (nSPS) is 21.4. The highest BCUT2D eigenvalue weighted by Crippen LogP contribution is 2.26. The van der Waals surface area contributed by atoms with E-state index in [0.717, 1.165) is 13.1 Å². The Hall–Kier alpha value is -0.0800. The fraction of sp³-hybridized carbons (Fsp3) is 1.00. The first-order valence-electron chi connectivity index (χ1n) is 5.96. The summed E-state index contributed by atoms with van der Waals surface area (Å²) < 4.78 is 0. The molecular weight excluding hydrogens is 174 g/mol. The Bertz CT molecular complexity index is 160. The standard InChI is InChI=1S/C12H25NO/c1-4-7-12(2,3)13-8-5-11(10-14)6-9-13/h11,14H,4-10H2,1-3H3. The van der Waals surface area contributed by atoms with Crippen LogP contribution in [0.2, 0.25) is 0 Å². The van der Waals surface area contributed by atoms with E-state index >= 15 is 0 Å². The molecule has 1 aliphatic rings. The van der Waals surface area contributed by atoms with Crippen molar-refractivity contribution in [1.82, 2.24) is 4.90 Å². The zero-order valence-corrected chi connectivity index (χ0v) is 9.92. The van der Waals surface area contributed by atoms with Gasteiger partial charge < -0.3 is 5.11 Å². The molecule has 2 nitrogen and oxygen atoms in total. The molecule has 1 rings (SSSR count). The Labute approximate surface area is 88.3 Å². The van der Waals surface area contributed by atoms with Crippen LogP contribution in [0.15, 0.2) is 0 Å². The van der Waals surface area contributed by atoms with Gasteiger partial charge in [-0.3, -0.25) is 4.90 Å². The minimum atomic E-state index is 0.356. The Morgan fingerprint density at radius 1 is 1.29 bits per heavy atom. The molecule has 0 bridgehead atoms. The molecule has 1 fully saturated rings. The summed E-state index contributed by atoms with van der Waals surface area (Å²) in [7, 11) is 0. The average Bonchev–Trinajstić information content (AvgIpc) is 2.18. The lowest BCUT2D eigenvalue weighted by atomic mass is 9.90. The van der Waals surface area contributed by atoms with Crippen molar-refractivity contribution < 1.29 is 5.11 Å². The summed E-state index contributed by atoms with van der Waals surface area (Å²) in [6, 6.07) is 0. The van der Waals surface area contributed by atoms with Gasteiger partial charge in [0.1, 0.15) is 0 Å². The smallest absolute Gasteiger partial charge is 0.0460 e. The van der Waals surface area contributed by atoms with Crippen molar-refractivity contribution in [2.24, 2.45) is 5.92 Å². The van der Waals surface area contributed by atoms with Crippen LogP contribution in [-0.4, -0.2) is 35.2 Å². The molecule has 0 aromatic heterocycles. The third kappa shape index (κ3) is 2.96. The second-order valence-corrected chi connectivity index (χ2v) is 5.18. The number of nitrogens with zero attached hydrogens (tertiary/aromatic N) is 1. The molecule has 2 heteroatoms. The lowest BCUT2D eigenvalue weighted by Gasteiger charge is -2.42. The molecule has 0 spiro atoms. The summed E-state index contributed by atoms with van der Waals surface area (Å²) >= 11 is 0. The van der Waals surface area contributed by atoms with Crippen LogP contribution < -0.4 is 0 Å². The SMILES string of the molecule is CCCC(C)(C)N1CCC(CO)CC1. The monoisotopic (exact) mass is 199 g/mol. The first kappa shape index (κ1) is 12.0. The molecule has 1 aliphatic heterocycles. The van der Waals surface area contributed by atoms with E-state index < -0.39 is 0 Å². The van der Waals surface area contributed by atoms with E-state index in [2.05, 4.69) is 25.7 Å². The number of hydrogen-bond acceptors (Lipinski definition) is 2. The highest BCUT2D eigenvalue weighted by molar-refractivity contribution is 4.84. The van der Waals surface area contributed by atoms with Crippen LogP contribution in [0.5, 0.6) is 0 Å². The summed E-state index contributed by atoms with van der Waals surface area (Å²) in [6.07, 6.45) is 4.87. The summed E-state index contributed by atoms with van der Waals surface area (Å²) in [5, 5.41) is 9.06. The van der Waals surface area contributed by atoms with Crippen LogP contribution in [0.1, 0.15) is 46.5 Å². The van der Waals surface area contributed by atoms with Gasteiger partial charge >= 0.3 is 0 Å². The van der Waals surface area contributed by atoms with E-state index in [4.69, 9.17) is 5.11 Å². The maximum absolute atomic E-state index is 9.06. The van der Waals surface area contributed by atoms with E-state index in [1.165, 1.54) is 25.7 Å². The van der Waals surface area contributed by atoms with Gasteiger partial charge in [0.05, 0.1) is 0 Å². The molecular formula is C12H25NO. The van der Waals surface area contributed by atoms with Gasteiger partial charge in [-0.15, -0.1) is 0 Å². The molecule has 1 saturated heterocycles. The van der Waals surface area contributed by atoms with E-state index in [0.29, 0.717) is 18.1 Å². The molecule has 0 radical (unpaired) electrons. The Kier molecular flexibility index (Phi) is 4.39. The minimum Gasteiger partial charge on any atom is -0.396 e. The van der Waals surface area contributed by atoms with Crippen molar-refractivity contribution in [1.29, 1.82) is 0 Å². The maximum Gasteiger partial charge on any atom is 0.0460 e. The second-order valence-electron chi connectivity index (χ2n) is 5.18. The zero-order chi connectivity index (χ0) is 10.6. The lowest BCUT2D eigenvalue weighted by Crippen LogP contribution is -2.48. The fourth-order valence-corrected chi connectivity index (χ4v) is 2.49. The molecule has 0 amide bonds. The van der Waals surface area contributed by atoms with Gasteiger partial charge in [0.15, 0.2) is 0 Å². The predicted octanol–water partition coefficient (Wildman–Crippen LogP) is 2.27. The molecule has 0 unspecified atom stereocenters. The van der Waals surface area contributed by atoms with Crippen molar-refractivity contribution >= 4 is 0 Å². The number of rotatable bonds is 4. The molecule has 14 heavy (non-hydrogen) atoms. The van der Waals surface area contributed by atoms with Gasteiger partial charge in [0, 0.05) is 12.1 Å². The highest BCUT2D eigenvalue weighted by Gasteiger charge is 2.29. The van der Waals surface area contributed by atoms with Crippen LogP contribution in [0.3, 0.4) is 0 Å². The molecule has 0 aromatic rings. The first-order chi connectivity index (χ1) is 6.60. The topological polar surface area (TPSA) is 23.5 Å². The lowest BCUT2D eigenvalue weighted by molar-refractivity contribution is 0.0524. The van der Waals surface area contributed by atoms with Gasteiger partial charge in [-0.2, -0.15) is 0 Å². The molecule has 84 valence electrons. The van der Waals surface area contributed by atoms with Crippen molar-refractivity contribution in [3.8, 4) is 0 Å². The summed E-state index contributed by atoms with van der Waals surface area (Å²) in [5.74, 6) is 0.559. The van der Waals surface area contributed by atoms with Crippen LogP contribution >= 0.6 is 0 Å².